The molecule has 1 aliphatic rings. The Hall–Kier alpha value is -1.43. The van der Waals surface area contributed by atoms with E-state index >= 15 is 0 Å². The number of rotatable bonds is 2. The van der Waals surface area contributed by atoms with Crippen LogP contribution in [0.2, 0.25) is 0 Å². The lowest BCUT2D eigenvalue weighted by molar-refractivity contribution is 0.0723. The van der Waals surface area contributed by atoms with Gasteiger partial charge in [0.2, 0.25) is 0 Å². The number of likely N-dealkylation sites (tertiary alicyclic amines) is 1. The van der Waals surface area contributed by atoms with E-state index in [0.717, 1.165) is 16.6 Å². The molecule has 1 aromatic rings. The SMILES string of the molecule is CCC1CN(C(=O)c2ccc(Br)cn2)CC/C1=N\O. The van der Waals surface area contributed by atoms with E-state index < -0.39 is 0 Å². The predicted octanol–water partition coefficient (Wildman–Crippen LogP) is 2.55. The van der Waals surface area contributed by atoms with Crippen molar-refractivity contribution in [2.24, 2.45) is 11.1 Å². The first-order chi connectivity index (χ1) is 9.15. The average Bonchev–Trinajstić information content (AvgIpc) is 2.46. The van der Waals surface area contributed by atoms with Gasteiger partial charge in [-0.15, -0.1) is 0 Å². The maximum absolute atomic E-state index is 12.3. The number of piperidine rings is 1. The van der Waals surface area contributed by atoms with Crippen LogP contribution < -0.4 is 0 Å². The molecule has 0 saturated carbocycles. The van der Waals surface area contributed by atoms with Gasteiger partial charge in [-0.05, 0) is 34.5 Å². The van der Waals surface area contributed by atoms with Crippen molar-refractivity contribution in [3.63, 3.8) is 0 Å². The van der Waals surface area contributed by atoms with Gasteiger partial charge in [-0.25, -0.2) is 4.98 Å². The van der Waals surface area contributed by atoms with Gasteiger partial charge in [0.1, 0.15) is 5.69 Å². The summed E-state index contributed by atoms with van der Waals surface area (Å²) >= 11 is 3.30. The number of hydrogen-bond acceptors (Lipinski definition) is 4. The van der Waals surface area contributed by atoms with Gasteiger partial charge < -0.3 is 10.1 Å². The van der Waals surface area contributed by atoms with E-state index in [2.05, 4.69) is 26.1 Å². The highest BCUT2D eigenvalue weighted by molar-refractivity contribution is 9.10. The van der Waals surface area contributed by atoms with Crippen molar-refractivity contribution in [1.29, 1.82) is 0 Å². The van der Waals surface area contributed by atoms with Crippen LogP contribution in [0.25, 0.3) is 0 Å². The van der Waals surface area contributed by atoms with Gasteiger partial charge in [-0.2, -0.15) is 0 Å². The first-order valence-corrected chi connectivity index (χ1v) is 7.06. The Morgan fingerprint density at radius 1 is 1.63 bits per heavy atom. The molecule has 0 aliphatic carbocycles. The molecular formula is C13H16BrN3O2. The number of aromatic nitrogens is 1. The molecule has 0 radical (unpaired) electrons. The third kappa shape index (κ3) is 3.12. The Labute approximate surface area is 120 Å². The lowest BCUT2D eigenvalue weighted by atomic mass is 9.93. The molecule has 2 rings (SSSR count). The topological polar surface area (TPSA) is 65.8 Å². The minimum atomic E-state index is -0.0667. The smallest absolute Gasteiger partial charge is 0.272 e. The molecule has 2 heterocycles. The van der Waals surface area contributed by atoms with Crippen LogP contribution in [0.5, 0.6) is 0 Å². The zero-order valence-corrected chi connectivity index (χ0v) is 12.3. The number of pyridine rings is 1. The molecular weight excluding hydrogens is 310 g/mol. The lowest BCUT2D eigenvalue weighted by Crippen LogP contribution is -2.44. The zero-order chi connectivity index (χ0) is 13.8. The monoisotopic (exact) mass is 325 g/mol. The maximum atomic E-state index is 12.3. The van der Waals surface area contributed by atoms with Crippen molar-refractivity contribution in [1.82, 2.24) is 9.88 Å². The fourth-order valence-electron chi connectivity index (χ4n) is 2.26. The second kappa shape index (κ2) is 6.14. The van der Waals surface area contributed by atoms with E-state index in [0.29, 0.717) is 25.2 Å². The Morgan fingerprint density at radius 2 is 2.42 bits per heavy atom. The Kier molecular flexibility index (Phi) is 4.52. The number of amides is 1. The van der Waals surface area contributed by atoms with E-state index in [9.17, 15) is 4.79 Å². The van der Waals surface area contributed by atoms with Gasteiger partial charge in [0.15, 0.2) is 0 Å². The van der Waals surface area contributed by atoms with Crippen molar-refractivity contribution in [3.8, 4) is 0 Å². The van der Waals surface area contributed by atoms with Gasteiger partial charge in [0.05, 0.1) is 5.71 Å². The van der Waals surface area contributed by atoms with Crippen molar-refractivity contribution < 1.29 is 10.0 Å². The number of halogens is 1. The predicted molar refractivity (Wildman–Crippen MR) is 75.5 cm³/mol. The molecule has 5 nitrogen and oxygen atoms in total. The van der Waals surface area contributed by atoms with E-state index in [1.165, 1.54) is 0 Å². The highest BCUT2D eigenvalue weighted by atomic mass is 79.9. The van der Waals surface area contributed by atoms with Crippen LogP contribution in [0.1, 0.15) is 30.3 Å². The summed E-state index contributed by atoms with van der Waals surface area (Å²) in [6, 6.07) is 3.52. The van der Waals surface area contributed by atoms with Gasteiger partial charge in [-0.1, -0.05) is 12.1 Å². The quantitative estimate of drug-likeness (QED) is 0.671. The molecule has 1 unspecified atom stereocenters. The second-order valence-electron chi connectivity index (χ2n) is 4.56. The number of carbonyl (C=O) groups is 1. The van der Waals surface area contributed by atoms with E-state index in [4.69, 9.17) is 5.21 Å². The van der Waals surface area contributed by atoms with Crippen LogP contribution in [0, 0.1) is 5.92 Å². The highest BCUT2D eigenvalue weighted by Gasteiger charge is 2.28. The summed E-state index contributed by atoms with van der Waals surface area (Å²) in [7, 11) is 0. The van der Waals surface area contributed by atoms with Gasteiger partial charge in [-0.3, -0.25) is 4.79 Å². The summed E-state index contributed by atoms with van der Waals surface area (Å²) in [4.78, 5) is 18.2. The second-order valence-corrected chi connectivity index (χ2v) is 5.48. The Bertz CT molecular complexity index is 487. The average molecular weight is 326 g/mol. The fourth-order valence-corrected chi connectivity index (χ4v) is 2.50. The summed E-state index contributed by atoms with van der Waals surface area (Å²) in [5, 5.41) is 12.3. The van der Waals surface area contributed by atoms with Gasteiger partial charge >= 0.3 is 0 Å². The molecule has 1 aliphatic heterocycles. The van der Waals surface area contributed by atoms with Crippen molar-refractivity contribution in [2.75, 3.05) is 13.1 Å². The summed E-state index contributed by atoms with van der Waals surface area (Å²) in [6.07, 6.45) is 3.10. The molecule has 0 bridgehead atoms. The van der Waals surface area contributed by atoms with Crippen LogP contribution >= 0.6 is 15.9 Å². The highest BCUT2D eigenvalue weighted by Crippen LogP contribution is 2.19. The van der Waals surface area contributed by atoms with Crippen LogP contribution in [0.15, 0.2) is 28.0 Å². The number of nitrogens with zero attached hydrogens (tertiary/aromatic N) is 3. The van der Waals surface area contributed by atoms with Gasteiger partial charge in [0.25, 0.3) is 5.91 Å². The van der Waals surface area contributed by atoms with Crippen molar-refractivity contribution in [3.05, 3.63) is 28.5 Å². The minimum absolute atomic E-state index is 0.0667. The normalized spacial score (nSPS) is 21.7. The number of oxime groups is 1. The molecule has 1 fully saturated rings. The number of carbonyl (C=O) groups excluding carboxylic acids is 1. The molecule has 1 atom stereocenters. The van der Waals surface area contributed by atoms with E-state index in [-0.39, 0.29) is 11.8 Å². The molecule has 102 valence electrons. The standard InChI is InChI=1S/C13H16BrN3O2/c1-2-9-8-17(6-5-11(9)16-19)13(18)12-4-3-10(14)7-15-12/h3-4,7,9,19H,2,5-6,8H2,1H3/b16-11+. The van der Waals surface area contributed by atoms with E-state index in [1.54, 1.807) is 17.2 Å². The molecule has 1 saturated heterocycles. The lowest BCUT2D eigenvalue weighted by Gasteiger charge is -2.32. The molecule has 0 aromatic carbocycles. The molecule has 1 amide bonds. The van der Waals surface area contributed by atoms with Crippen molar-refractivity contribution in [2.45, 2.75) is 19.8 Å². The van der Waals surface area contributed by atoms with Crippen LogP contribution in [-0.4, -0.2) is 39.8 Å². The summed E-state index contributed by atoms with van der Waals surface area (Å²) in [6.45, 7) is 3.20. The minimum Gasteiger partial charge on any atom is -0.411 e. The maximum Gasteiger partial charge on any atom is 0.272 e. The summed E-state index contributed by atoms with van der Waals surface area (Å²) in [5.74, 6) is 0.0705. The first-order valence-electron chi connectivity index (χ1n) is 6.27. The van der Waals surface area contributed by atoms with Crippen LogP contribution in [-0.2, 0) is 0 Å². The van der Waals surface area contributed by atoms with Crippen LogP contribution in [0.4, 0.5) is 0 Å². The zero-order valence-electron chi connectivity index (χ0n) is 10.7. The third-order valence-corrected chi connectivity index (χ3v) is 3.87. The Balaban J connectivity index is 2.10. The first kappa shape index (κ1) is 14.0. The van der Waals surface area contributed by atoms with Gasteiger partial charge in [0, 0.05) is 36.1 Å². The van der Waals surface area contributed by atoms with Crippen molar-refractivity contribution >= 4 is 27.5 Å². The Morgan fingerprint density at radius 3 is 3.00 bits per heavy atom. The summed E-state index contributed by atoms with van der Waals surface area (Å²) in [5.41, 5.74) is 1.23. The molecule has 19 heavy (non-hydrogen) atoms. The summed E-state index contributed by atoms with van der Waals surface area (Å²) < 4.78 is 0.851. The third-order valence-electron chi connectivity index (χ3n) is 3.40. The largest absolute Gasteiger partial charge is 0.411 e. The molecule has 6 heteroatoms. The number of hydrogen-bond donors (Lipinski definition) is 1. The van der Waals surface area contributed by atoms with E-state index in [1.807, 2.05) is 13.0 Å². The van der Waals surface area contributed by atoms with Crippen LogP contribution in [0.3, 0.4) is 0 Å². The molecule has 1 aromatic heterocycles. The molecule has 0 spiro atoms. The molecule has 1 N–H and O–H groups in total. The fraction of sp³-hybridized carbons (Fsp3) is 0.462.